The minimum Gasteiger partial charge on any atom is -0.339 e. The third-order valence-corrected chi connectivity index (χ3v) is 5.50. The van der Waals surface area contributed by atoms with Crippen molar-refractivity contribution in [1.82, 2.24) is 10.1 Å². The maximum absolute atomic E-state index is 13.7. The molecule has 2 amide bonds. The summed E-state index contributed by atoms with van der Waals surface area (Å²) in [5.74, 6) is -0.168. The minimum absolute atomic E-state index is 0.140. The molecular formula is C23H19FN4O3S. The number of aromatic nitrogens is 2. The first-order valence-corrected chi connectivity index (χ1v) is 10.7. The van der Waals surface area contributed by atoms with Gasteiger partial charge in [0.05, 0.1) is 4.88 Å². The van der Waals surface area contributed by atoms with Crippen molar-refractivity contribution in [3.63, 3.8) is 0 Å². The quantitative estimate of drug-likeness (QED) is 0.410. The molecule has 0 saturated carbocycles. The second kappa shape index (κ2) is 9.52. The summed E-state index contributed by atoms with van der Waals surface area (Å²) in [6.45, 7) is 1.67. The molecule has 0 fully saturated rings. The second-order valence-corrected chi connectivity index (χ2v) is 7.98. The molecule has 2 aromatic carbocycles. The van der Waals surface area contributed by atoms with Crippen LogP contribution in [0.4, 0.5) is 15.8 Å². The van der Waals surface area contributed by atoms with Crippen molar-refractivity contribution < 1.29 is 18.5 Å². The van der Waals surface area contributed by atoms with E-state index >= 15 is 0 Å². The van der Waals surface area contributed by atoms with E-state index in [-0.39, 0.29) is 36.3 Å². The normalized spacial score (nSPS) is 10.7. The van der Waals surface area contributed by atoms with Gasteiger partial charge < -0.3 is 15.2 Å². The van der Waals surface area contributed by atoms with Crippen molar-refractivity contribution in [3.8, 4) is 11.4 Å². The van der Waals surface area contributed by atoms with Crippen LogP contribution in [0.5, 0.6) is 0 Å². The van der Waals surface area contributed by atoms with Gasteiger partial charge in [-0.05, 0) is 54.3 Å². The summed E-state index contributed by atoms with van der Waals surface area (Å²) in [6.07, 6.45) is 0.392. The maximum atomic E-state index is 13.7. The Morgan fingerprint density at radius 2 is 1.81 bits per heavy atom. The molecule has 2 heterocycles. The summed E-state index contributed by atoms with van der Waals surface area (Å²) in [5, 5.41) is 11.3. The molecule has 32 heavy (non-hydrogen) atoms. The number of anilines is 2. The highest BCUT2D eigenvalue weighted by atomic mass is 32.1. The number of aryl methyl sites for hydroxylation is 2. The van der Waals surface area contributed by atoms with Gasteiger partial charge in [0.15, 0.2) is 0 Å². The summed E-state index contributed by atoms with van der Waals surface area (Å²) < 4.78 is 18.9. The molecule has 162 valence electrons. The lowest BCUT2D eigenvalue weighted by Crippen LogP contribution is -2.13. The zero-order valence-corrected chi connectivity index (χ0v) is 17.9. The molecule has 4 rings (SSSR count). The van der Waals surface area contributed by atoms with Crippen LogP contribution in [-0.4, -0.2) is 22.0 Å². The first kappa shape index (κ1) is 21.4. The first-order chi connectivity index (χ1) is 15.5. The number of carbonyl (C=O) groups excluding carboxylic acids is 2. The van der Waals surface area contributed by atoms with E-state index in [9.17, 15) is 14.0 Å². The first-order valence-electron chi connectivity index (χ1n) is 9.82. The number of nitrogens with one attached hydrogen (secondary N) is 2. The summed E-state index contributed by atoms with van der Waals surface area (Å²) >= 11 is 1.36. The average Bonchev–Trinajstić information content (AvgIpc) is 3.48. The van der Waals surface area contributed by atoms with E-state index in [1.807, 2.05) is 11.4 Å². The monoisotopic (exact) mass is 450 g/mol. The van der Waals surface area contributed by atoms with Crippen LogP contribution in [0.1, 0.15) is 27.5 Å². The number of thiophene rings is 1. The summed E-state index contributed by atoms with van der Waals surface area (Å²) in [6, 6.07) is 15.1. The third kappa shape index (κ3) is 5.25. The van der Waals surface area contributed by atoms with Crippen LogP contribution < -0.4 is 10.6 Å². The molecular weight excluding hydrogens is 431 g/mol. The highest BCUT2D eigenvalue weighted by molar-refractivity contribution is 7.12. The summed E-state index contributed by atoms with van der Waals surface area (Å²) in [5.41, 5.74) is 2.28. The Bertz CT molecular complexity index is 1240. The van der Waals surface area contributed by atoms with Crippen molar-refractivity contribution in [2.24, 2.45) is 0 Å². The van der Waals surface area contributed by atoms with E-state index in [1.54, 1.807) is 49.4 Å². The lowest BCUT2D eigenvalue weighted by atomic mass is 10.1. The summed E-state index contributed by atoms with van der Waals surface area (Å²) in [7, 11) is 0. The zero-order chi connectivity index (χ0) is 22.5. The molecule has 0 unspecified atom stereocenters. The van der Waals surface area contributed by atoms with Crippen molar-refractivity contribution in [2.45, 2.75) is 19.8 Å². The third-order valence-electron chi connectivity index (χ3n) is 4.64. The van der Waals surface area contributed by atoms with Crippen LogP contribution in [-0.2, 0) is 11.2 Å². The van der Waals surface area contributed by atoms with Crippen LogP contribution >= 0.6 is 11.3 Å². The standard InChI is InChI=1S/C23H19FN4O3S/c1-14-4-5-15(13-18(14)24)22-27-21(31-28-22)11-10-20(29)25-16-6-8-17(9-7-16)26-23(30)19-3-2-12-32-19/h2-9,12-13H,10-11H2,1H3,(H,25,29)(H,26,30). The zero-order valence-electron chi connectivity index (χ0n) is 17.1. The second-order valence-electron chi connectivity index (χ2n) is 7.03. The van der Waals surface area contributed by atoms with Gasteiger partial charge in [-0.3, -0.25) is 9.59 Å². The fourth-order valence-electron chi connectivity index (χ4n) is 2.89. The van der Waals surface area contributed by atoms with Gasteiger partial charge in [0.25, 0.3) is 5.91 Å². The van der Waals surface area contributed by atoms with E-state index in [2.05, 4.69) is 20.8 Å². The smallest absolute Gasteiger partial charge is 0.265 e. The van der Waals surface area contributed by atoms with Gasteiger partial charge in [-0.25, -0.2) is 4.39 Å². The predicted octanol–water partition coefficient (Wildman–Crippen LogP) is 5.07. The Balaban J connectivity index is 1.28. The van der Waals surface area contributed by atoms with Gasteiger partial charge >= 0.3 is 0 Å². The van der Waals surface area contributed by atoms with Gasteiger partial charge in [-0.15, -0.1) is 11.3 Å². The Morgan fingerprint density at radius 1 is 1.06 bits per heavy atom. The van der Waals surface area contributed by atoms with Crippen LogP contribution in [0.25, 0.3) is 11.4 Å². The van der Waals surface area contributed by atoms with Crippen molar-refractivity contribution in [3.05, 3.63) is 82.1 Å². The highest BCUT2D eigenvalue weighted by Crippen LogP contribution is 2.20. The molecule has 0 aliphatic rings. The van der Waals surface area contributed by atoms with Crippen LogP contribution in [0.3, 0.4) is 0 Å². The van der Waals surface area contributed by atoms with Gasteiger partial charge in [0.1, 0.15) is 5.82 Å². The van der Waals surface area contributed by atoms with E-state index in [1.165, 1.54) is 17.4 Å². The Kier molecular flexibility index (Phi) is 6.37. The van der Waals surface area contributed by atoms with E-state index < -0.39 is 0 Å². The number of amides is 2. The fourth-order valence-corrected chi connectivity index (χ4v) is 3.51. The molecule has 4 aromatic rings. The Hall–Kier alpha value is -3.85. The lowest BCUT2D eigenvalue weighted by molar-refractivity contribution is -0.116. The molecule has 0 radical (unpaired) electrons. The average molecular weight is 450 g/mol. The molecule has 2 aromatic heterocycles. The van der Waals surface area contributed by atoms with Gasteiger partial charge in [-0.1, -0.05) is 23.4 Å². The molecule has 2 N–H and O–H groups in total. The van der Waals surface area contributed by atoms with Gasteiger partial charge in [0.2, 0.25) is 17.6 Å². The van der Waals surface area contributed by atoms with Crippen molar-refractivity contribution in [1.29, 1.82) is 0 Å². The summed E-state index contributed by atoms with van der Waals surface area (Å²) in [4.78, 5) is 29.2. The number of nitrogens with zero attached hydrogens (tertiary/aromatic N) is 2. The molecule has 0 bridgehead atoms. The largest absolute Gasteiger partial charge is 0.339 e. The van der Waals surface area contributed by atoms with Crippen molar-refractivity contribution in [2.75, 3.05) is 10.6 Å². The topological polar surface area (TPSA) is 97.1 Å². The SMILES string of the molecule is Cc1ccc(-c2noc(CCC(=O)Nc3ccc(NC(=O)c4cccs4)cc3)n2)cc1F. The molecule has 9 heteroatoms. The molecule has 0 spiro atoms. The van der Waals surface area contributed by atoms with Crippen LogP contribution in [0.2, 0.25) is 0 Å². The molecule has 0 saturated heterocycles. The predicted molar refractivity (Wildman–Crippen MR) is 120 cm³/mol. The van der Waals surface area contributed by atoms with Gasteiger partial charge in [0, 0.05) is 29.8 Å². The Labute approximate surface area is 187 Å². The molecule has 0 aliphatic carbocycles. The van der Waals surface area contributed by atoms with E-state index in [0.29, 0.717) is 33.3 Å². The van der Waals surface area contributed by atoms with Crippen LogP contribution in [0, 0.1) is 12.7 Å². The number of halogens is 1. The van der Waals surface area contributed by atoms with Gasteiger partial charge in [-0.2, -0.15) is 4.98 Å². The number of rotatable bonds is 7. The Morgan fingerprint density at radius 3 is 2.50 bits per heavy atom. The number of hydrogen-bond acceptors (Lipinski definition) is 6. The van der Waals surface area contributed by atoms with E-state index in [4.69, 9.17) is 4.52 Å². The molecule has 7 nitrogen and oxygen atoms in total. The number of benzene rings is 2. The lowest BCUT2D eigenvalue weighted by Gasteiger charge is -2.07. The maximum Gasteiger partial charge on any atom is 0.265 e. The number of hydrogen-bond donors (Lipinski definition) is 2. The van der Waals surface area contributed by atoms with E-state index in [0.717, 1.165) is 0 Å². The van der Waals surface area contributed by atoms with Crippen LogP contribution in [0.15, 0.2) is 64.5 Å². The van der Waals surface area contributed by atoms with Crippen molar-refractivity contribution >= 4 is 34.5 Å². The molecule has 0 aliphatic heterocycles. The fraction of sp³-hybridized carbons (Fsp3) is 0.130. The highest BCUT2D eigenvalue weighted by Gasteiger charge is 2.12. The molecule has 0 atom stereocenters. The minimum atomic E-state index is -0.342. The number of carbonyl (C=O) groups is 2.